The number of aliphatic hydroxyl groups excluding tert-OH is 1. The first-order valence-corrected chi connectivity index (χ1v) is 12.9. The largest absolute Gasteiger partial charge is 0.413 e. The van der Waals surface area contributed by atoms with Crippen molar-refractivity contribution in [2.75, 3.05) is 6.61 Å². The number of hydrogen-bond acceptors (Lipinski definition) is 4. The van der Waals surface area contributed by atoms with Gasteiger partial charge in [0.2, 0.25) is 0 Å². The zero-order chi connectivity index (χ0) is 19.5. The van der Waals surface area contributed by atoms with Crippen molar-refractivity contribution in [1.82, 2.24) is 0 Å². The van der Waals surface area contributed by atoms with E-state index in [1.54, 1.807) is 11.8 Å². The highest BCUT2D eigenvalue weighted by Gasteiger charge is 2.46. The number of aliphatic hydroxyl groups is 1. The second-order valence-electron chi connectivity index (χ2n) is 8.47. The maximum absolute atomic E-state index is 10.5. The molecule has 3 nitrogen and oxygen atoms in total. The smallest absolute Gasteiger partial charge is 0.200 e. The summed E-state index contributed by atoms with van der Waals surface area (Å²) < 4.78 is 12.8. The van der Waals surface area contributed by atoms with Crippen LogP contribution in [0.25, 0.3) is 0 Å². The van der Waals surface area contributed by atoms with E-state index in [0.29, 0.717) is 29.7 Å². The molecule has 0 bridgehead atoms. The van der Waals surface area contributed by atoms with E-state index >= 15 is 0 Å². The van der Waals surface area contributed by atoms with Gasteiger partial charge in [-0.25, -0.2) is 0 Å². The van der Waals surface area contributed by atoms with Crippen molar-refractivity contribution in [1.29, 1.82) is 0 Å². The average molecular weight is 397 g/mol. The van der Waals surface area contributed by atoms with Crippen LogP contribution in [0.1, 0.15) is 53.5 Å². The Balaban J connectivity index is 1.98. The van der Waals surface area contributed by atoms with E-state index in [1.807, 2.05) is 0 Å². The molecule has 1 heterocycles. The van der Waals surface area contributed by atoms with Crippen molar-refractivity contribution in [3.05, 3.63) is 29.8 Å². The Morgan fingerprint density at radius 3 is 2.12 bits per heavy atom. The van der Waals surface area contributed by atoms with E-state index in [4.69, 9.17) is 9.16 Å². The minimum atomic E-state index is -1.93. The SMILES string of the molecule is Cc1ccc(S[C@@H]2C[C@H](O)[C@@H](CO[Si](C(C)C)(C(C)C)C(C)C)O2)cc1. The van der Waals surface area contributed by atoms with Gasteiger partial charge >= 0.3 is 0 Å². The third-order valence-electron chi connectivity index (χ3n) is 5.68. The lowest BCUT2D eigenvalue weighted by Gasteiger charge is -2.42. The van der Waals surface area contributed by atoms with Crippen LogP contribution in [-0.4, -0.2) is 37.7 Å². The van der Waals surface area contributed by atoms with Crippen molar-refractivity contribution < 1.29 is 14.3 Å². The molecule has 1 saturated heterocycles. The van der Waals surface area contributed by atoms with Crippen LogP contribution in [0.4, 0.5) is 0 Å². The molecule has 0 spiro atoms. The highest BCUT2D eigenvalue weighted by Crippen LogP contribution is 2.43. The van der Waals surface area contributed by atoms with Crippen LogP contribution in [0.5, 0.6) is 0 Å². The van der Waals surface area contributed by atoms with Gasteiger partial charge in [0.25, 0.3) is 0 Å². The van der Waals surface area contributed by atoms with Crippen molar-refractivity contribution in [3.63, 3.8) is 0 Å². The van der Waals surface area contributed by atoms with Gasteiger partial charge in [-0.1, -0.05) is 71.0 Å². The third-order valence-corrected chi connectivity index (χ3v) is 12.9. The summed E-state index contributed by atoms with van der Waals surface area (Å²) >= 11 is 1.69. The van der Waals surface area contributed by atoms with Crippen LogP contribution in [0, 0.1) is 6.92 Å². The molecule has 0 radical (unpaired) electrons. The lowest BCUT2D eigenvalue weighted by atomic mass is 10.2. The molecule has 1 N–H and O–H groups in total. The van der Waals surface area contributed by atoms with Crippen LogP contribution in [0.2, 0.25) is 16.6 Å². The summed E-state index contributed by atoms with van der Waals surface area (Å²) in [7, 11) is -1.93. The van der Waals surface area contributed by atoms with E-state index in [1.165, 1.54) is 10.5 Å². The fraction of sp³-hybridized carbons (Fsp3) is 0.714. The van der Waals surface area contributed by atoms with Crippen molar-refractivity contribution in [2.45, 2.75) is 94.0 Å². The first-order valence-electron chi connectivity index (χ1n) is 9.87. The molecule has 1 aliphatic rings. The molecule has 0 amide bonds. The minimum absolute atomic E-state index is 0.00507. The van der Waals surface area contributed by atoms with Crippen molar-refractivity contribution in [2.24, 2.45) is 0 Å². The van der Waals surface area contributed by atoms with Crippen LogP contribution in [0.3, 0.4) is 0 Å². The van der Waals surface area contributed by atoms with Gasteiger partial charge in [-0.3, -0.25) is 0 Å². The highest BCUT2D eigenvalue weighted by atomic mass is 32.2. The van der Waals surface area contributed by atoms with Gasteiger partial charge in [-0.2, -0.15) is 0 Å². The number of thioether (sulfide) groups is 1. The average Bonchev–Trinajstić information content (AvgIpc) is 2.89. The zero-order valence-electron chi connectivity index (χ0n) is 17.4. The first-order chi connectivity index (χ1) is 12.2. The van der Waals surface area contributed by atoms with E-state index < -0.39 is 14.4 Å². The van der Waals surface area contributed by atoms with Crippen LogP contribution in [0.15, 0.2) is 29.2 Å². The normalized spacial score (nSPS) is 24.2. The third kappa shape index (κ3) is 4.93. The molecule has 3 atom stereocenters. The molecule has 0 unspecified atom stereocenters. The fourth-order valence-corrected chi connectivity index (χ4v) is 11.0. The molecule has 0 saturated carbocycles. The monoisotopic (exact) mass is 396 g/mol. The Hall–Kier alpha value is -0.333. The molecule has 148 valence electrons. The van der Waals surface area contributed by atoms with E-state index in [2.05, 4.69) is 72.7 Å². The van der Waals surface area contributed by atoms with Crippen molar-refractivity contribution in [3.8, 4) is 0 Å². The second kappa shape index (κ2) is 9.24. The van der Waals surface area contributed by atoms with Gasteiger partial charge in [-0.15, -0.1) is 0 Å². The quantitative estimate of drug-likeness (QED) is 0.567. The van der Waals surface area contributed by atoms with E-state index in [0.717, 1.165) is 0 Å². The Kier molecular flexibility index (Phi) is 7.81. The molecular formula is C21H36O3SSi. The maximum Gasteiger partial charge on any atom is 0.200 e. The summed E-state index contributed by atoms with van der Waals surface area (Å²) in [6.45, 7) is 16.3. The maximum atomic E-state index is 10.5. The number of rotatable bonds is 8. The summed E-state index contributed by atoms with van der Waals surface area (Å²) in [6.07, 6.45) is -0.0104. The summed E-state index contributed by atoms with van der Waals surface area (Å²) in [5.74, 6) is 0. The number of aryl methyl sites for hydroxylation is 1. The standard InChI is InChI=1S/C21H36O3SSi/c1-14(2)26(15(3)4,16(5)6)23-13-20-19(22)12-21(24-20)25-18-10-8-17(7)9-11-18/h8-11,14-16,19-22H,12-13H2,1-7H3/t19-,20+,21+/m0/s1. The predicted octanol–water partition coefficient (Wildman–Crippen LogP) is 5.76. The lowest BCUT2D eigenvalue weighted by Crippen LogP contribution is -2.49. The van der Waals surface area contributed by atoms with Crippen molar-refractivity contribution >= 4 is 20.1 Å². The van der Waals surface area contributed by atoms with Gasteiger partial charge in [0.1, 0.15) is 11.5 Å². The Labute approximate surface area is 165 Å². The zero-order valence-corrected chi connectivity index (χ0v) is 19.2. The van der Waals surface area contributed by atoms with Crippen LogP contribution in [-0.2, 0) is 9.16 Å². The molecular weight excluding hydrogens is 360 g/mol. The minimum Gasteiger partial charge on any atom is -0.413 e. The Bertz CT molecular complexity index is 537. The summed E-state index contributed by atoms with van der Waals surface area (Å²) in [5.41, 5.74) is 2.87. The molecule has 1 aromatic carbocycles. The molecule has 0 aliphatic carbocycles. The lowest BCUT2D eigenvalue weighted by molar-refractivity contribution is -0.000122. The first kappa shape index (κ1) is 22.0. The molecule has 2 rings (SSSR count). The second-order valence-corrected chi connectivity index (χ2v) is 15.2. The van der Waals surface area contributed by atoms with E-state index in [-0.39, 0.29) is 11.5 Å². The van der Waals surface area contributed by atoms with Gasteiger partial charge in [0, 0.05) is 11.3 Å². The predicted molar refractivity (Wildman–Crippen MR) is 113 cm³/mol. The molecule has 0 aromatic heterocycles. The summed E-state index contributed by atoms with van der Waals surface area (Å²) in [6, 6.07) is 8.46. The molecule has 26 heavy (non-hydrogen) atoms. The van der Waals surface area contributed by atoms with Gasteiger partial charge in [-0.05, 0) is 35.7 Å². The number of benzene rings is 1. The van der Waals surface area contributed by atoms with Gasteiger partial charge < -0.3 is 14.3 Å². The van der Waals surface area contributed by atoms with Gasteiger partial charge in [0.15, 0.2) is 8.32 Å². The fourth-order valence-electron chi connectivity index (χ4n) is 4.41. The Morgan fingerprint density at radius 1 is 1.08 bits per heavy atom. The van der Waals surface area contributed by atoms with Gasteiger partial charge in [0.05, 0.1) is 12.7 Å². The molecule has 5 heteroatoms. The van der Waals surface area contributed by atoms with Crippen LogP contribution < -0.4 is 0 Å². The molecule has 1 aromatic rings. The molecule has 1 aliphatic heterocycles. The topological polar surface area (TPSA) is 38.7 Å². The Morgan fingerprint density at radius 2 is 1.62 bits per heavy atom. The molecule has 1 fully saturated rings. The summed E-state index contributed by atoms with van der Waals surface area (Å²) in [4.78, 5) is 1.18. The summed E-state index contributed by atoms with van der Waals surface area (Å²) in [5, 5.41) is 10.5. The number of ether oxygens (including phenoxy) is 1. The van der Waals surface area contributed by atoms with E-state index in [9.17, 15) is 5.11 Å². The number of hydrogen-bond donors (Lipinski definition) is 1. The highest BCUT2D eigenvalue weighted by molar-refractivity contribution is 7.99. The van der Waals surface area contributed by atoms with Crippen LogP contribution >= 0.6 is 11.8 Å².